The maximum Gasteiger partial charge on any atom is 0.243 e. The van der Waals surface area contributed by atoms with Gasteiger partial charge in [0.25, 0.3) is 0 Å². The number of rotatable bonds is 8. The smallest absolute Gasteiger partial charge is 0.243 e. The number of aryl methyl sites for hydroxylation is 1. The maximum atomic E-state index is 12.7. The van der Waals surface area contributed by atoms with Crippen LogP contribution in [0.3, 0.4) is 0 Å². The normalized spacial score (nSPS) is 13.6. The van der Waals surface area contributed by atoms with E-state index in [1.807, 2.05) is 20.0 Å². The van der Waals surface area contributed by atoms with Crippen LogP contribution in [0.1, 0.15) is 44.7 Å². The molecule has 0 fully saturated rings. The van der Waals surface area contributed by atoms with Gasteiger partial charge in [-0.15, -0.1) is 0 Å². The summed E-state index contributed by atoms with van der Waals surface area (Å²) in [7, 11) is 0.118. The first-order chi connectivity index (χ1) is 9.88. The fourth-order valence-electron chi connectivity index (χ4n) is 2.47. The van der Waals surface area contributed by atoms with Crippen molar-refractivity contribution in [1.82, 2.24) is 9.62 Å². The Labute approximate surface area is 129 Å². The van der Waals surface area contributed by atoms with Crippen LogP contribution in [-0.2, 0) is 23.0 Å². The van der Waals surface area contributed by atoms with Crippen LogP contribution in [0, 0.1) is 0 Å². The Morgan fingerprint density at radius 1 is 1.24 bits per heavy atom. The Morgan fingerprint density at radius 2 is 1.90 bits per heavy atom. The van der Waals surface area contributed by atoms with Gasteiger partial charge in [-0.3, -0.25) is 0 Å². The molecule has 120 valence electrons. The lowest BCUT2D eigenvalue weighted by Gasteiger charge is -2.24. The van der Waals surface area contributed by atoms with Crippen molar-refractivity contribution in [3.8, 4) is 0 Å². The van der Waals surface area contributed by atoms with E-state index < -0.39 is 10.0 Å². The fraction of sp³-hybridized carbons (Fsp3) is 0.625. The molecular weight excluding hydrogens is 284 g/mol. The van der Waals surface area contributed by atoms with Gasteiger partial charge < -0.3 is 5.32 Å². The molecule has 1 aromatic carbocycles. The first kappa shape index (κ1) is 18.1. The van der Waals surface area contributed by atoms with Crippen LogP contribution in [0.2, 0.25) is 0 Å². The second-order valence-corrected chi connectivity index (χ2v) is 7.47. The summed E-state index contributed by atoms with van der Waals surface area (Å²) >= 11 is 0. The topological polar surface area (TPSA) is 49.4 Å². The average Bonchev–Trinajstić information content (AvgIpc) is 2.46. The van der Waals surface area contributed by atoms with Crippen molar-refractivity contribution in [3.63, 3.8) is 0 Å². The minimum Gasteiger partial charge on any atom is -0.316 e. The van der Waals surface area contributed by atoms with Gasteiger partial charge in [-0.05, 0) is 50.1 Å². The largest absolute Gasteiger partial charge is 0.316 e. The third-order valence-corrected chi connectivity index (χ3v) is 5.90. The number of benzene rings is 1. The van der Waals surface area contributed by atoms with E-state index in [1.165, 1.54) is 9.87 Å². The molecule has 0 aliphatic rings. The number of sulfonamides is 1. The molecule has 0 radical (unpaired) electrons. The quantitative estimate of drug-likeness (QED) is 0.803. The Balaban J connectivity index is 3.16. The molecule has 0 saturated carbocycles. The first-order valence-corrected chi connectivity index (χ1v) is 9.06. The SMILES string of the molecule is CCCC(C)N(C)S(=O)(=O)c1ccc(CC)c(CNC)c1. The lowest BCUT2D eigenvalue weighted by atomic mass is 10.1. The van der Waals surface area contributed by atoms with Crippen LogP contribution in [0.4, 0.5) is 0 Å². The molecule has 0 amide bonds. The van der Waals surface area contributed by atoms with Gasteiger partial charge in [-0.25, -0.2) is 8.42 Å². The molecular formula is C16H28N2O2S. The second-order valence-electron chi connectivity index (χ2n) is 5.47. The van der Waals surface area contributed by atoms with E-state index in [0.29, 0.717) is 11.4 Å². The van der Waals surface area contributed by atoms with E-state index in [-0.39, 0.29) is 6.04 Å². The van der Waals surface area contributed by atoms with Crippen molar-refractivity contribution >= 4 is 10.0 Å². The Morgan fingerprint density at radius 3 is 2.43 bits per heavy atom. The molecule has 4 nitrogen and oxygen atoms in total. The molecule has 0 bridgehead atoms. The van der Waals surface area contributed by atoms with Gasteiger partial charge in [-0.2, -0.15) is 4.31 Å². The molecule has 0 heterocycles. The molecule has 5 heteroatoms. The molecule has 0 aromatic heterocycles. The van der Waals surface area contributed by atoms with Crippen molar-refractivity contribution < 1.29 is 8.42 Å². The number of hydrogen-bond donors (Lipinski definition) is 1. The van der Waals surface area contributed by atoms with E-state index in [2.05, 4.69) is 19.2 Å². The molecule has 0 spiro atoms. The Bertz CT molecular complexity index is 555. The molecule has 1 unspecified atom stereocenters. The molecule has 1 aromatic rings. The predicted octanol–water partition coefficient (Wildman–Crippen LogP) is 2.78. The Hall–Kier alpha value is -0.910. The van der Waals surface area contributed by atoms with Crippen molar-refractivity contribution in [1.29, 1.82) is 0 Å². The molecule has 1 rings (SSSR count). The van der Waals surface area contributed by atoms with Gasteiger partial charge >= 0.3 is 0 Å². The molecule has 0 aliphatic heterocycles. The van der Waals surface area contributed by atoms with Crippen LogP contribution in [0.15, 0.2) is 23.1 Å². The van der Waals surface area contributed by atoms with E-state index >= 15 is 0 Å². The van der Waals surface area contributed by atoms with Crippen molar-refractivity contribution in [3.05, 3.63) is 29.3 Å². The minimum absolute atomic E-state index is 0.0126. The van der Waals surface area contributed by atoms with Crippen LogP contribution in [-0.4, -0.2) is 32.9 Å². The van der Waals surface area contributed by atoms with Crippen LogP contribution < -0.4 is 5.32 Å². The van der Waals surface area contributed by atoms with Gasteiger partial charge in [0.1, 0.15) is 0 Å². The summed E-state index contributed by atoms with van der Waals surface area (Å²) in [4.78, 5) is 0.385. The van der Waals surface area contributed by atoms with Crippen LogP contribution >= 0.6 is 0 Å². The highest BCUT2D eigenvalue weighted by Crippen LogP contribution is 2.22. The van der Waals surface area contributed by atoms with Gasteiger partial charge in [0.05, 0.1) is 4.90 Å². The van der Waals surface area contributed by atoms with E-state index in [1.54, 1.807) is 19.2 Å². The summed E-state index contributed by atoms with van der Waals surface area (Å²) in [5, 5.41) is 3.10. The predicted molar refractivity (Wildman–Crippen MR) is 87.9 cm³/mol. The number of nitrogens with zero attached hydrogens (tertiary/aromatic N) is 1. The molecule has 1 atom stereocenters. The van der Waals surface area contributed by atoms with E-state index in [4.69, 9.17) is 0 Å². The average molecular weight is 312 g/mol. The summed E-state index contributed by atoms with van der Waals surface area (Å²) in [6.45, 7) is 6.78. The van der Waals surface area contributed by atoms with Crippen LogP contribution in [0.5, 0.6) is 0 Å². The van der Waals surface area contributed by atoms with Crippen molar-refractivity contribution in [2.75, 3.05) is 14.1 Å². The number of nitrogens with one attached hydrogen (secondary N) is 1. The first-order valence-electron chi connectivity index (χ1n) is 7.62. The standard InChI is InChI=1S/C16H28N2O2S/c1-6-8-13(3)18(5)21(19,20)16-10-9-14(7-2)15(11-16)12-17-4/h9-11,13,17H,6-8,12H2,1-5H3. The van der Waals surface area contributed by atoms with Gasteiger partial charge in [0.15, 0.2) is 0 Å². The summed E-state index contributed by atoms with van der Waals surface area (Å²) in [5.41, 5.74) is 2.24. The number of hydrogen-bond acceptors (Lipinski definition) is 3. The van der Waals surface area contributed by atoms with Crippen LogP contribution in [0.25, 0.3) is 0 Å². The van der Waals surface area contributed by atoms with E-state index in [0.717, 1.165) is 24.8 Å². The third kappa shape index (κ3) is 4.28. The van der Waals surface area contributed by atoms with Crippen molar-refractivity contribution in [2.24, 2.45) is 0 Å². The van der Waals surface area contributed by atoms with E-state index in [9.17, 15) is 8.42 Å². The summed E-state index contributed by atoms with van der Waals surface area (Å²) in [5.74, 6) is 0. The molecule has 0 aliphatic carbocycles. The highest BCUT2D eigenvalue weighted by atomic mass is 32.2. The fourth-order valence-corrected chi connectivity index (χ4v) is 3.91. The lowest BCUT2D eigenvalue weighted by molar-refractivity contribution is 0.368. The van der Waals surface area contributed by atoms with Gasteiger partial charge in [0, 0.05) is 19.6 Å². The summed E-state index contributed by atoms with van der Waals surface area (Å²) in [6, 6.07) is 5.47. The van der Waals surface area contributed by atoms with Crippen molar-refractivity contribution in [2.45, 2.75) is 57.5 Å². The summed E-state index contributed by atoms with van der Waals surface area (Å²) < 4.78 is 26.9. The monoisotopic (exact) mass is 312 g/mol. The summed E-state index contributed by atoms with van der Waals surface area (Å²) in [6.07, 6.45) is 2.74. The zero-order valence-electron chi connectivity index (χ0n) is 13.8. The van der Waals surface area contributed by atoms with Gasteiger partial charge in [-0.1, -0.05) is 26.3 Å². The van der Waals surface area contributed by atoms with Gasteiger partial charge in [0.2, 0.25) is 10.0 Å². The third-order valence-electron chi connectivity index (χ3n) is 3.93. The maximum absolute atomic E-state index is 12.7. The highest BCUT2D eigenvalue weighted by Gasteiger charge is 2.25. The molecule has 21 heavy (non-hydrogen) atoms. The lowest BCUT2D eigenvalue weighted by Crippen LogP contribution is -2.35. The molecule has 0 saturated heterocycles. The zero-order valence-corrected chi connectivity index (χ0v) is 14.6. The molecule has 1 N–H and O–H groups in total. The zero-order chi connectivity index (χ0) is 16.0. The minimum atomic E-state index is -3.42. The Kier molecular flexibility index (Phi) is 6.84. The highest BCUT2D eigenvalue weighted by molar-refractivity contribution is 7.89. The second kappa shape index (κ2) is 7.92.